The van der Waals surface area contributed by atoms with Gasteiger partial charge < -0.3 is 0 Å². The molecule has 0 amide bonds. The lowest BCUT2D eigenvalue weighted by atomic mass is 10.0. The van der Waals surface area contributed by atoms with Crippen LogP contribution in [0.1, 0.15) is 6.92 Å². The lowest BCUT2D eigenvalue weighted by Crippen LogP contribution is -2.33. The summed E-state index contributed by atoms with van der Waals surface area (Å²) in [5.74, 6) is 0. The smallest absolute Gasteiger partial charge is 0.113 e. The molecule has 0 aromatic rings. The fourth-order valence-corrected chi connectivity index (χ4v) is 3.84. The van der Waals surface area contributed by atoms with E-state index in [0.717, 1.165) is 11.0 Å². The zero-order valence-electron chi connectivity index (χ0n) is 6.75. The predicted octanol–water partition coefficient (Wildman–Crippen LogP) is 5.63. The fraction of sp³-hybridized carbons (Fsp3) is 0.429. The molecule has 0 nitrogen and oxygen atoms in total. The Hall–Kier alpha value is 1.57. The van der Waals surface area contributed by atoms with E-state index in [1.54, 1.807) is 6.92 Å². The molecule has 80 valence electrons. The normalized spacial score (nSPS) is 34.1. The molecule has 0 saturated carbocycles. The third-order valence-corrected chi connectivity index (χ3v) is 6.73. The van der Waals surface area contributed by atoms with Crippen molar-refractivity contribution in [3.63, 3.8) is 0 Å². The molecule has 0 bridgehead atoms. The first-order chi connectivity index (χ1) is 6.36. The van der Waals surface area contributed by atoms with Crippen molar-refractivity contribution in [3.05, 3.63) is 20.7 Å². The molecule has 2 atom stereocenters. The summed E-state index contributed by atoms with van der Waals surface area (Å²) in [6.45, 7) is 1.71. The van der Waals surface area contributed by atoms with Crippen LogP contribution in [0.5, 0.6) is 0 Å². The maximum atomic E-state index is 6.19. The summed E-state index contributed by atoms with van der Waals surface area (Å²) < 4.78 is -1.05. The zero-order valence-corrected chi connectivity index (χ0v) is 12.1. The maximum Gasteiger partial charge on any atom is 0.148 e. The molecule has 14 heavy (non-hydrogen) atoms. The number of allylic oxidation sites excluding steroid dienone is 3. The Morgan fingerprint density at radius 1 is 1.21 bits per heavy atom. The lowest BCUT2D eigenvalue weighted by molar-refractivity contribution is 0.898. The van der Waals surface area contributed by atoms with E-state index in [4.69, 9.17) is 68.7 Å². The van der Waals surface area contributed by atoms with Crippen LogP contribution in [-0.2, 0) is 0 Å². The van der Waals surface area contributed by atoms with Gasteiger partial charge in [-0.1, -0.05) is 46.4 Å². The van der Waals surface area contributed by atoms with E-state index in [1.165, 1.54) is 0 Å². The van der Waals surface area contributed by atoms with Gasteiger partial charge in [0.25, 0.3) is 0 Å². The molecule has 1 aliphatic rings. The summed E-state index contributed by atoms with van der Waals surface area (Å²) in [5.41, 5.74) is 0.607. The summed E-state index contributed by atoms with van der Waals surface area (Å²) >= 11 is 29.9. The summed E-state index contributed by atoms with van der Waals surface area (Å²) in [4.78, 5) is 0. The van der Waals surface area contributed by atoms with Crippen LogP contribution in [-0.4, -0.2) is 9.58 Å². The van der Waals surface area contributed by atoms with Gasteiger partial charge in [-0.3, -0.25) is 0 Å². The topological polar surface area (TPSA) is 0 Å². The van der Waals surface area contributed by atoms with Gasteiger partial charge in [0, 0.05) is 0 Å². The van der Waals surface area contributed by atoms with Crippen molar-refractivity contribution in [2.24, 2.45) is 0 Å². The van der Waals surface area contributed by atoms with Gasteiger partial charge in [-0.05, 0) is 34.2 Å². The quantitative estimate of drug-likeness (QED) is 0.561. The molecule has 0 aromatic carbocycles. The summed E-state index contributed by atoms with van der Waals surface area (Å²) in [5, 5.41) is 0.0555. The monoisotopic (exact) mass is 330 g/mol. The van der Waals surface area contributed by atoms with Crippen LogP contribution in [0.15, 0.2) is 20.7 Å². The van der Waals surface area contributed by atoms with Crippen LogP contribution >= 0.6 is 79.7 Å². The largest absolute Gasteiger partial charge is 0.148 e. The average Bonchev–Trinajstić information content (AvgIpc) is 2.21. The number of halogens is 6. The third kappa shape index (κ3) is 2.02. The third-order valence-electron chi connectivity index (χ3n) is 1.90. The number of hydrogen-bond acceptors (Lipinski definition) is 1. The van der Waals surface area contributed by atoms with Crippen molar-refractivity contribution >= 4 is 79.7 Å². The van der Waals surface area contributed by atoms with Crippen LogP contribution in [0.3, 0.4) is 0 Å². The fourth-order valence-electron chi connectivity index (χ4n) is 0.980. The van der Waals surface area contributed by atoms with Crippen molar-refractivity contribution in [1.29, 1.82) is 0 Å². The Morgan fingerprint density at radius 2 is 1.71 bits per heavy atom. The highest BCUT2D eigenvalue weighted by Gasteiger charge is 2.45. The molecule has 1 rings (SSSR count). The highest BCUT2D eigenvalue weighted by Crippen LogP contribution is 2.54. The Morgan fingerprint density at radius 3 is 2.14 bits per heavy atom. The number of hydrogen-bond donors (Lipinski definition) is 0. The van der Waals surface area contributed by atoms with Crippen molar-refractivity contribution in [1.82, 2.24) is 0 Å². The number of alkyl halides is 2. The van der Waals surface area contributed by atoms with Crippen LogP contribution in [0.2, 0.25) is 0 Å². The van der Waals surface area contributed by atoms with E-state index < -0.39 is 9.58 Å². The van der Waals surface area contributed by atoms with Gasteiger partial charge in [-0.2, -0.15) is 0 Å². The molecule has 0 heterocycles. The maximum absolute atomic E-state index is 6.19. The SMILES string of the molecule is CC1=C(Cl)C(Cl)=C(Cl)C(Cl)C1(Cl)SCl. The molecule has 7 heteroatoms. The molecule has 0 radical (unpaired) electrons. The van der Waals surface area contributed by atoms with Gasteiger partial charge in [-0.25, -0.2) is 0 Å². The Balaban J connectivity index is 3.33. The lowest BCUT2D eigenvalue weighted by Gasteiger charge is -2.33. The van der Waals surface area contributed by atoms with Crippen LogP contribution in [0.4, 0.5) is 0 Å². The molecule has 0 saturated heterocycles. The first-order valence-corrected chi connectivity index (χ1v) is 7.00. The Bertz CT molecular complexity index is 322. The molecule has 0 aromatic heterocycles. The zero-order chi connectivity index (χ0) is 11.1. The Labute approximate surface area is 116 Å². The van der Waals surface area contributed by atoms with Crippen LogP contribution in [0, 0.1) is 0 Å². The van der Waals surface area contributed by atoms with Gasteiger partial charge >= 0.3 is 0 Å². The minimum absolute atomic E-state index is 0.215. The predicted molar refractivity (Wildman–Crippen MR) is 69.0 cm³/mol. The minimum Gasteiger partial charge on any atom is -0.113 e. The minimum atomic E-state index is -1.05. The van der Waals surface area contributed by atoms with Gasteiger partial charge in [0.15, 0.2) is 0 Å². The molecular weight excluding hydrogens is 329 g/mol. The van der Waals surface area contributed by atoms with E-state index in [-0.39, 0.29) is 10.1 Å². The van der Waals surface area contributed by atoms with Crippen molar-refractivity contribution in [3.8, 4) is 0 Å². The highest BCUT2D eigenvalue weighted by molar-refractivity contribution is 8.23. The van der Waals surface area contributed by atoms with Gasteiger partial charge in [0.05, 0.1) is 15.1 Å². The van der Waals surface area contributed by atoms with E-state index >= 15 is 0 Å². The van der Waals surface area contributed by atoms with Crippen LogP contribution in [0.25, 0.3) is 0 Å². The second kappa shape index (κ2) is 4.83. The van der Waals surface area contributed by atoms with Crippen LogP contribution < -0.4 is 0 Å². The van der Waals surface area contributed by atoms with Crippen molar-refractivity contribution in [2.75, 3.05) is 0 Å². The molecule has 0 fully saturated rings. The summed E-state index contributed by atoms with van der Waals surface area (Å²) in [6.07, 6.45) is 0. The van der Waals surface area contributed by atoms with Gasteiger partial charge in [-0.15, -0.1) is 11.6 Å². The van der Waals surface area contributed by atoms with Gasteiger partial charge in [0.1, 0.15) is 9.58 Å². The first-order valence-electron chi connectivity index (χ1n) is 3.41. The summed E-state index contributed by atoms with van der Waals surface area (Å²) in [6, 6.07) is 0. The Kier molecular flexibility index (Phi) is 4.70. The highest BCUT2D eigenvalue weighted by atomic mass is 35.7. The van der Waals surface area contributed by atoms with Crippen molar-refractivity contribution in [2.45, 2.75) is 16.5 Å². The molecular formula is C7H4Cl6S. The van der Waals surface area contributed by atoms with Gasteiger partial charge in [0.2, 0.25) is 0 Å². The second-order valence-electron chi connectivity index (χ2n) is 2.69. The summed E-state index contributed by atoms with van der Waals surface area (Å²) in [7, 11) is 6.53. The molecule has 2 unspecified atom stereocenters. The molecule has 0 spiro atoms. The van der Waals surface area contributed by atoms with E-state index in [9.17, 15) is 0 Å². The van der Waals surface area contributed by atoms with E-state index in [0.29, 0.717) is 10.6 Å². The molecule has 0 aliphatic heterocycles. The van der Waals surface area contributed by atoms with E-state index in [2.05, 4.69) is 0 Å². The van der Waals surface area contributed by atoms with Crippen molar-refractivity contribution < 1.29 is 0 Å². The molecule has 1 aliphatic carbocycles. The number of rotatable bonds is 1. The molecule has 0 N–H and O–H groups in total. The second-order valence-corrected chi connectivity index (χ2v) is 6.37. The average molecular weight is 333 g/mol. The van der Waals surface area contributed by atoms with E-state index in [1.807, 2.05) is 0 Å². The standard InChI is InChI=1S/C7H4Cl6S/c1-2-3(8)4(9)5(10)6(11)7(2,12)14-13/h6H,1H3. The first kappa shape index (κ1) is 13.6.